The van der Waals surface area contributed by atoms with E-state index in [0.29, 0.717) is 28.2 Å². The first-order chi connectivity index (χ1) is 15.7. The monoisotopic (exact) mass is 469 g/mol. The van der Waals surface area contributed by atoms with Crippen LogP contribution in [0.2, 0.25) is 5.02 Å². The zero-order valence-electron chi connectivity index (χ0n) is 18.7. The maximum atomic E-state index is 13.1. The third kappa shape index (κ3) is 4.96. The molecule has 0 saturated carbocycles. The van der Waals surface area contributed by atoms with Crippen LogP contribution in [0.5, 0.6) is 0 Å². The number of halogens is 1. The van der Waals surface area contributed by atoms with Gasteiger partial charge in [0.05, 0.1) is 18.1 Å². The second-order valence-electron chi connectivity index (χ2n) is 7.78. The van der Waals surface area contributed by atoms with E-state index in [2.05, 4.69) is 15.3 Å². The van der Waals surface area contributed by atoms with Gasteiger partial charge in [0.2, 0.25) is 5.78 Å². The van der Waals surface area contributed by atoms with Crippen LogP contribution in [0, 0.1) is 0 Å². The minimum Gasteiger partial charge on any atom is -0.468 e. The molecule has 0 spiro atoms. The number of nitrogens with one attached hydrogen (secondary N) is 2. The van der Waals surface area contributed by atoms with Crippen molar-refractivity contribution in [3.05, 3.63) is 68.6 Å². The second-order valence-corrected chi connectivity index (χ2v) is 8.21. The lowest BCUT2D eigenvalue weighted by Crippen LogP contribution is -2.37. The Morgan fingerprint density at radius 2 is 1.91 bits per heavy atom. The number of H-pyrrole nitrogens is 1. The second kappa shape index (κ2) is 9.95. The molecule has 1 aromatic heterocycles. The number of hydrogen-bond acceptors (Lipinski definition) is 6. The molecule has 0 bridgehead atoms. The molecule has 0 aliphatic carbocycles. The molecule has 2 N–H and O–H groups in total. The lowest BCUT2D eigenvalue weighted by Gasteiger charge is -2.18. The number of nitrogens with zero attached hydrogens (tertiary/aromatic N) is 1. The Kier molecular flexibility index (Phi) is 7.28. The van der Waals surface area contributed by atoms with Gasteiger partial charge in [0.15, 0.2) is 5.92 Å². The van der Waals surface area contributed by atoms with E-state index in [0.717, 1.165) is 18.2 Å². The summed E-state index contributed by atoms with van der Waals surface area (Å²) in [5, 5.41) is 3.03. The molecule has 0 saturated heterocycles. The Labute approximate surface area is 195 Å². The Morgan fingerprint density at radius 3 is 2.55 bits per heavy atom. The van der Waals surface area contributed by atoms with E-state index in [4.69, 9.17) is 16.3 Å². The number of ether oxygens (including phenoxy) is 1. The van der Waals surface area contributed by atoms with Gasteiger partial charge in [-0.25, -0.2) is 4.98 Å². The number of aromatic nitrogens is 2. The van der Waals surface area contributed by atoms with Crippen LogP contribution in [0.1, 0.15) is 49.4 Å². The molecule has 0 aliphatic heterocycles. The van der Waals surface area contributed by atoms with Gasteiger partial charge in [-0.1, -0.05) is 50.6 Å². The van der Waals surface area contributed by atoms with Crippen LogP contribution in [0.25, 0.3) is 11.0 Å². The highest BCUT2D eigenvalue weighted by molar-refractivity contribution is 6.45. The lowest BCUT2D eigenvalue weighted by atomic mass is 9.95. The number of carbonyl (C=O) groups is 3. The van der Waals surface area contributed by atoms with E-state index >= 15 is 0 Å². The number of esters is 1. The van der Waals surface area contributed by atoms with E-state index in [9.17, 15) is 19.2 Å². The minimum absolute atomic E-state index is 0.0788. The predicted molar refractivity (Wildman–Crippen MR) is 126 cm³/mol. The highest BCUT2D eigenvalue weighted by atomic mass is 35.5. The molecule has 0 radical (unpaired) electrons. The Hall–Kier alpha value is -3.52. The van der Waals surface area contributed by atoms with Crippen molar-refractivity contribution in [3.8, 4) is 0 Å². The number of Topliss-reactive ketones (excluding diaryl/α,β-unsaturated/α-hetero) is 1. The van der Waals surface area contributed by atoms with Crippen molar-refractivity contribution in [3.63, 3.8) is 0 Å². The van der Waals surface area contributed by atoms with Gasteiger partial charge in [-0.15, -0.1) is 0 Å². The van der Waals surface area contributed by atoms with Gasteiger partial charge in [0.25, 0.3) is 11.5 Å². The predicted octanol–water partition coefficient (Wildman–Crippen LogP) is 3.73. The fourth-order valence-corrected chi connectivity index (χ4v) is 3.76. The van der Waals surface area contributed by atoms with E-state index in [1.165, 1.54) is 12.1 Å². The molecule has 172 valence electrons. The molecule has 1 amide bonds. The van der Waals surface area contributed by atoms with Crippen LogP contribution in [-0.2, 0) is 25.5 Å². The third-order valence-electron chi connectivity index (χ3n) is 5.30. The lowest BCUT2D eigenvalue weighted by molar-refractivity contribution is -0.148. The van der Waals surface area contributed by atoms with Gasteiger partial charge in [0, 0.05) is 10.7 Å². The van der Waals surface area contributed by atoms with E-state index in [1.807, 2.05) is 39.0 Å². The number of rotatable bonds is 7. The number of carbonyl (C=O) groups excluding carboxylic acids is 3. The Balaban J connectivity index is 2.04. The smallest absolute Gasteiger partial charge is 0.323 e. The molecule has 0 aliphatic rings. The zero-order chi connectivity index (χ0) is 24.3. The van der Waals surface area contributed by atoms with Crippen LogP contribution in [0.3, 0.4) is 0 Å². The van der Waals surface area contributed by atoms with Crippen molar-refractivity contribution in [1.29, 1.82) is 0 Å². The summed E-state index contributed by atoms with van der Waals surface area (Å²) in [7, 11) is 1.07. The fraction of sp³-hybridized carbons (Fsp3) is 0.292. The summed E-state index contributed by atoms with van der Waals surface area (Å²) in [6.07, 6.45) is 0.624. The summed E-state index contributed by atoms with van der Waals surface area (Å²) >= 11 is 5.94. The van der Waals surface area contributed by atoms with Crippen molar-refractivity contribution < 1.29 is 19.1 Å². The molecule has 0 unspecified atom stereocenters. The Morgan fingerprint density at radius 1 is 1.18 bits per heavy atom. The molecule has 2 aromatic carbocycles. The first-order valence-electron chi connectivity index (χ1n) is 10.4. The normalized spacial score (nSPS) is 11.9. The summed E-state index contributed by atoms with van der Waals surface area (Å²) in [4.78, 5) is 58.0. The van der Waals surface area contributed by atoms with Crippen molar-refractivity contribution in [2.45, 2.75) is 39.0 Å². The third-order valence-corrected chi connectivity index (χ3v) is 5.54. The maximum Gasteiger partial charge on any atom is 0.323 e. The van der Waals surface area contributed by atoms with E-state index < -0.39 is 34.8 Å². The van der Waals surface area contributed by atoms with Crippen molar-refractivity contribution in [2.24, 2.45) is 0 Å². The fourth-order valence-electron chi connectivity index (χ4n) is 3.58. The zero-order valence-corrected chi connectivity index (χ0v) is 19.4. The molecule has 0 fully saturated rings. The first-order valence-corrected chi connectivity index (χ1v) is 10.8. The number of fused-ring (bicyclic) bond motifs is 1. The van der Waals surface area contributed by atoms with Crippen LogP contribution >= 0.6 is 11.6 Å². The molecular formula is C24H24ClN3O5. The average molecular weight is 470 g/mol. The van der Waals surface area contributed by atoms with E-state index in [-0.39, 0.29) is 5.92 Å². The van der Waals surface area contributed by atoms with Crippen molar-refractivity contribution in [1.82, 2.24) is 9.97 Å². The topological polar surface area (TPSA) is 118 Å². The molecule has 3 aromatic rings. The number of anilines is 1. The summed E-state index contributed by atoms with van der Waals surface area (Å²) < 4.78 is 4.73. The van der Waals surface area contributed by atoms with Crippen LogP contribution in [0.4, 0.5) is 5.69 Å². The number of ketones is 1. The largest absolute Gasteiger partial charge is 0.468 e. The highest BCUT2D eigenvalue weighted by Gasteiger charge is 2.38. The number of para-hydroxylation sites is 1. The van der Waals surface area contributed by atoms with Crippen molar-refractivity contribution >= 4 is 46.0 Å². The van der Waals surface area contributed by atoms with Crippen LogP contribution in [0.15, 0.2) is 41.2 Å². The molecule has 9 heteroatoms. The first kappa shape index (κ1) is 24.1. The summed E-state index contributed by atoms with van der Waals surface area (Å²) in [6, 6.07) is 10.2. The quantitative estimate of drug-likeness (QED) is 0.309. The molecule has 33 heavy (non-hydrogen) atoms. The molecule has 1 heterocycles. The molecule has 8 nitrogen and oxygen atoms in total. The number of methoxy groups -OCH3 is 1. The summed E-state index contributed by atoms with van der Waals surface area (Å²) in [6.45, 7) is 5.86. The SMILES string of the molecule is CCc1cccc(C(C)C)c1NC(=O)C(=O)[C@H](C(=O)OC)c1nc2ccc(Cl)cc2[nH]c1=O. The van der Waals surface area contributed by atoms with Gasteiger partial charge in [0.1, 0.15) is 5.69 Å². The molecular weight excluding hydrogens is 446 g/mol. The van der Waals surface area contributed by atoms with Gasteiger partial charge >= 0.3 is 5.97 Å². The molecule has 1 atom stereocenters. The summed E-state index contributed by atoms with van der Waals surface area (Å²) in [5.74, 6) is -4.99. The van der Waals surface area contributed by atoms with E-state index in [1.54, 1.807) is 6.07 Å². The number of benzene rings is 2. The van der Waals surface area contributed by atoms with Gasteiger partial charge < -0.3 is 15.0 Å². The molecule has 3 rings (SSSR count). The maximum absolute atomic E-state index is 13.1. The van der Waals surface area contributed by atoms with Crippen molar-refractivity contribution in [2.75, 3.05) is 12.4 Å². The number of hydrogen-bond donors (Lipinski definition) is 2. The minimum atomic E-state index is -1.82. The average Bonchev–Trinajstić information content (AvgIpc) is 2.79. The van der Waals surface area contributed by atoms with Gasteiger partial charge in [-0.05, 0) is 41.7 Å². The Bertz CT molecular complexity index is 1300. The standard InChI is InChI=1S/C24H24ClN3O5/c1-5-13-7-6-8-15(12(2)3)19(13)28-23(31)21(29)18(24(32)33-4)20-22(30)27-17-11-14(25)9-10-16(17)26-20/h6-12,18H,5H2,1-4H3,(H,27,30)(H,28,31)/t18-/m1/s1. The van der Waals surface area contributed by atoms with Gasteiger partial charge in [-0.3, -0.25) is 19.2 Å². The number of aromatic amines is 1. The van der Waals surface area contributed by atoms with Crippen LogP contribution < -0.4 is 10.9 Å². The van der Waals surface area contributed by atoms with Gasteiger partial charge in [-0.2, -0.15) is 0 Å². The highest BCUT2D eigenvalue weighted by Crippen LogP contribution is 2.29. The van der Waals surface area contributed by atoms with Crippen LogP contribution in [-0.4, -0.2) is 34.7 Å². The number of aryl methyl sites for hydroxylation is 1. The number of amides is 1. The summed E-state index contributed by atoms with van der Waals surface area (Å²) in [5.41, 5.74) is 1.62.